The number of fused-ring (bicyclic) bond motifs is 1. The lowest BCUT2D eigenvalue weighted by atomic mass is 9.98. The summed E-state index contributed by atoms with van der Waals surface area (Å²) in [4.78, 5) is 40.0. The summed E-state index contributed by atoms with van der Waals surface area (Å²) in [7, 11) is 1.28. The van der Waals surface area contributed by atoms with Gasteiger partial charge in [0.15, 0.2) is 0 Å². The van der Waals surface area contributed by atoms with E-state index in [2.05, 4.69) is 20.8 Å². The number of benzene rings is 2. The highest BCUT2D eigenvalue weighted by Gasteiger charge is 2.26. The lowest BCUT2D eigenvalue weighted by Crippen LogP contribution is -2.42. The first-order valence-electron chi connectivity index (χ1n) is 11.2. The van der Waals surface area contributed by atoms with Crippen LogP contribution >= 0.6 is 0 Å². The maximum atomic E-state index is 12.6. The molecule has 0 saturated carbocycles. The Morgan fingerprint density at radius 2 is 1.89 bits per heavy atom. The number of hydrogen-bond donors (Lipinski definition) is 4. The zero-order valence-corrected chi connectivity index (χ0v) is 19.6. The van der Waals surface area contributed by atoms with Crippen LogP contribution in [0.3, 0.4) is 0 Å². The molecule has 35 heavy (non-hydrogen) atoms. The maximum Gasteiger partial charge on any atom is 0.328 e. The summed E-state index contributed by atoms with van der Waals surface area (Å²) < 4.78 is 4.89. The fourth-order valence-electron chi connectivity index (χ4n) is 4.15. The summed E-state index contributed by atoms with van der Waals surface area (Å²) in [6.07, 6.45) is 3.19. The largest absolute Gasteiger partial charge is 0.467 e. The molecule has 0 aliphatic carbocycles. The van der Waals surface area contributed by atoms with Crippen molar-refractivity contribution in [2.24, 2.45) is 5.10 Å². The molecule has 1 atom stereocenters. The van der Waals surface area contributed by atoms with Crippen LogP contribution in [0, 0.1) is 0 Å². The number of aromatic amines is 1. The molecule has 9 heteroatoms. The number of nitrogens with zero attached hydrogens (tertiary/aromatic N) is 1. The van der Waals surface area contributed by atoms with Gasteiger partial charge in [-0.15, -0.1) is 0 Å². The Morgan fingerprint density at radius 1 is 1.14 bits per heavy atom. The Bertz CT molecular complexity index is 1340. The van der Waals surface area contributed by atoms with Gasteiger partial charge in [0.05, 0.1) is 18.4 Å². The molecule has 2 amide bonds. The van der Waals surface area contributed by atoms with Crippen LogP contribution in [0.4, 0.5) is 5.69 Å². The number of ether oxygens (including phenoxy) is 1. The number of nitrogens with one attached hydrogen (secondary N) is 3. The summed E-state index contributed by atoms with van der Waals surface area (Å²) in [5.74, 6) is -1.19. The molecule has 2 aromatic carbocycles. The number of amides is 2. The Morgan fingerprint density at radius 3 is 2.60 bits per heavy atom. The molecule has 4 rings (SSSR count). The van der Waals surface area contributed by atoms with Crippen molar-refractivity contribution in [1.29, 1.82) is 0 Å². The third kappa shape index (κ3) is 5.40. The number of aromatic nitrogens is 1. The number of hydrazone groups is 1. The highest BCUT2D eigenvalue weighted by molar-refractivity contribution is 6.27. The van der Waals surface area contributed by atoms with Crippen LogP contribution in [-0.2, 0) is 32.0 Å². The molecule has 1 aliphatic rings. The normalized spacial score (nSPS) is 15.1. The third-order valence-electron chi connectivity index (χ3n) is 5.88. The standard InChI is InChI=1S/C26H27N5O4/c1-15(32)28-24(26(34)35-2)13-19-18-5-3-4-6-21(18)29-23(19)14-20-22(30-31-25(20)33)12-9-16-7-10-17(27)11-8-16/h3-8,10-11,14,24,29H,9,12-13,27H2,1-2H3,(H,28,32)(H,31,33). The Kier molecular flexibility index (Phi) is 6.96. The molecule has 5 N–H and O–H groups in total. The summed E-state index contributed by atoms with van der Waals surface area (Å²) >= 11 is 0. The SMILES string of the molecule is COC(=O)C(Cc1c(C=C2C(=O)NN=C2CCc2ccc(N)cc2)[nH]c2ccccc12)NC(C)=O. The minimum atomic E-state index is -0.870. The molecule has 180 valence electrons. The predicted octanol–water partition coefficient (Wildman–Crippen LogP) is 2.47. The monoisotopic (exact) mass is 473 g/mol. The van der Waals surface area contributed by atoms with Gasteiger partial charge in [0.1, 0.15) is 6.04 Å². The highest BCUT2D eigenvalue weighted by Crippen LogP contribution is 2.27. The quantitative estimate of drug-likeness (QED) is 0.226. The van der Waals surface area contributed by atoms with Gasteiger partial charge in [-0.2, -0.15) is 5.10 Å². The zero-order chi connectivity index (χ0) is 24.9. The summed E-state index contributed by atoms with van der Waals surface area (Å²) in [5, 5.41) is 7.77. The molecule has 9 nitrogen and oxygen atoms in total. The second-order valence-corrected chi connectivity index (χ2v) is 8.34. The van der Waals surface area contributed by atoms with E-state index in [4.69, 9.17) is 10.5 Å². The van der Waals surface area contributed by atoms with Crippen LogP contribution in [0.5, 0.6) is 0 Å². The number of nitrogen functional groups attached to an aromatic ring is 1. The molecule has 2 heterocycles. The zero-order valence-electron chi connectivity index (χ0n) is 19.6. The van der Waals surface area contributed by atoms with Crippen molar-refractivity contribution in [2.45, 2.75) is 32.2 Å². The lowest BCUT2D eigenvalue weighted by Gasteiger charge is -2.16. The van der Waals surface area contributed by atoms with Crippen molar-refractivity contribution in [1.82, 2.24) is 15.7 Å². The third-order valence-corrected chi connectivity index (χ3v) is 5.88. The van der Waals surface area contributed by atoms with E-state index in [0.29, 0.717) is 35.5 Å². The van der Waals surface area contributed by atoms with Gasteiger partial charge in [-0.05, 0) is 48.2 Å². The predicted molar refractivity (Wildman–Crippen MR) is 134 cm³/mol. The van der Waals surface area contributed by atoms with Crippen LogP contribution in [0.15, 0.2) is 59.2 Å². The Labute approximate surface area is 202 Å². The average molecular weight is 474 g/mol. The van der Waals surface area contributed by atoms with Gasteiger partial charge in [-0.1, -0.05) is 30.3 Å². The summed E-state index contributed by atoms with van der Waals surface area (Å²) in [6.45, 7) is 1.35. The number of rotatable bonds is 8. The fourth-order valence-corrected chi connectivity index (χ4v) is 4.15. The maximum absolute atomic E-state index is 12.6. The Hall–Kier alpha value is -4.40. The average Bonchev–Trinajstić information content (AvgIpc) is 3.37. The topological polar surface area (TPSA) is 139 Å². The van der Waals surface area contributed by atoms with Crippen LogP contribution < -0.4 is 16.5 Å². The molecule has 0 radical (unpaired) electrons. The minimum absolute atomic E-state index is 0.189. The van der Waals surface area contributed by atoms with Crippen molar-refractivity contribution in [2.75, 3.05) is 12.8 Å². The Balaban J connectivity index is 1.67. The number of methoxy groups -OCH3 is 1. The van der Waals surface area contributed by atoms with Gasteiger partial charge in [-0.3, -0.25) is 9.59 Å². The second-order valence-electron chi connectivity index (χ2n) is 8.34. The first kappa shape index (κ1) is 23.7. The molecular weight excluding hydrogens is 446 g/mol. The van der Waals surface area contributed by atoms with Crippen molar-refractivity contribution in [3.8, 4) is 0 Å². The number of carbonyl (C=O) groups excluding carboxylic acids is 3. The summed E-state index contributed by atoms with van der Waals surface area (Å²) in [5.41, 5.74) is 13.5. The molecule has 3 aromatic rings. The number of carbonyl (C=O) groups is 3. The number of para-hydroxylation sites is 1. The van der Waals surface area contributed by atoms with Gasteiger partial charge in [0.2, 0.25) is 5.91 Å². The first-order valence-corrected chi connectivity index (χ1v) is 11.2. The van der Waals surface area contributed by atoms with Gasteiger partial charge in [0.25, 0.3) is 5.91 Å². The van der Waals surface area contributed by atoms with Crippen LogP contribution in [0.2, 0.25) is 0 Å². The van der Waals surface area contributed by atoms with E-state index < -0.39 is 12.0 Å². The fraction of sp³-hybridized carbons (Fsp3) is 0.231. The van der Waals surface area contributed by atoms with Crippen molar-refractivity contribution >= 4 is 46.2 Å². The van der Waals surface area contributed by atoms with Gasteiger partial charge in [-0.25, -0.2) is 10.2 Å². The van der Waals surface area contributed by atoms with Gasteiger partial charge in [0, 0.05) is 35.6 Å². The molecule has 0 fully saturated rings. The number of esters is 1. The van der Waals surface area contributed by atoms with E-state index >= 15 is 0 Å². The molecule has 1 aromatic heterocycles. The van der Waals surface area contributed by atoms with Crippen LogP contribution in [0.25, 0.3) is 17.0 Å². The van der Waals surface area contributed by atoms with E-state index in [1.54, 1.807) is 6.08 Å². The number of anilines is 1. The number of aryl methyl sites for hydroxylation is 1. The number of nitrogens with two attached hydrogens (primary N) is 1. The van der Waals surface area contributed by atoms with Crippen molar-refractivity contribution in [3.63, 3.8) is 0 Å². The molecule has 0 spiro atoms. The minimum Gasteiger partial charge on any atom is -0.467 e. The molecule has 1 aliphatic heterocycles. The van der Waals surface area contributed by atoms with Gasteiger partial charge >= 0.3 is 5.97 Å². The van der Waals surface area contributed by atoms with E-state index in [0.717, 1.165) is 22.0 Å². The summed E-state index contributed by atoms with van der Waals surface area (Å²) in [6, 6.07) is 14.3. The van der Waals surface area contributed by atoms with Gasteiger partial charge < -0.3 is 20.8 Å². The highest BCUT2D eigenvalue weighted by atomic mass is 16.5. The lowest BCUT2D eigenvalue weighted by molar-refractivity contribution is -0.144. The van der Waals surface area contributed by atoms with E-state index in [1.807, 2.05) is 48.5 Å². The van der Waals surface area contributed by atoms with Crippen molar-refractivity contribution in [3.05, 3.63) is 70.9 Å². The first-order chi connectivity index (χ1) is 16.9. The van der Waals surface area contributed by atoms with Crippen LogP contribution in [-0.4, -0.2) is 41.6 Å². The van der Waals surface area contributed by atoms with E-state index in [1.165, 1.54) is 14.0 Å². The molecule has 0 saturated heterocycles. The molecular formula is C26H27N5O4. The second kappa shape index (κ2) is 10.3. The van der Waals surface area contributed by atoms with Crippen LogP contribution in [0.1, 0.15) is 30.2 Å². The number of hydrogen-bond acceptors (Lipinski definition) is 6. The van der Waals surface area contributed by atoms with E-state index in [-0.39, 0.29) is 18.2 Å². The smallest absolute Gasteiger partial charge is 0.328 e. The molecule has 0 bridgehead atoms. The molecule has 1 unspecified atom stereocenters. The van der Waals surface area contributed by atoms with E-state index in [9.17, 15) is 14.4 Å². The van der Waals surface area contributed by atoms with Crippen molar-refractivity contribution < 1.29 is 19.1 Å². The number of H-pyrrole nitrogens is 1.